The third kappa shape index (κ3) is 1.27. The number of nitrogen functional groups attached to an aromatic ring is 1. The minimum Gasteiger partial charge on any atom is -0.396 e. The van der Waals surface area contributed by atoms with Gasteiger partial charge in [0.1, 0.15) is 11.6 Å². The smallest absolute Gasteiger partial charge is 0.149 e. The molecule has 1 aromatic carbocycles. The molecule has 2 nitrogen and oxygen atoms in total. The van der Waals surface area contributed by atoms with Gasteiger partial charge in [-0.25, -0.2) is 8.78 Å². The van der Waals surface area contributed by atoms with Gasteiger partial charge in [-0.05, 0) is 18.9 Å². The predicted molar refractivity (Wildman–Crippen MR) is 45.9 cm³/mol. The summed E-state index contributed by atoms with van der Waals surface area (Å²) in [4.78, 5) is 0. The molecule has 0 aromatic heterocycles. The molecule has 0 heterocycles. The topological polar surface area (TPSA) is 52.0 Å². The maximum Gasteiger partial charge on any atom is 0.149 e. The summed E-state index contributed by atoms with van der Waals surface area (Å²) in [5.74, 6) is -1.36. The van der Waals surface area contributed by atoms with E-state index in [4.69, 9.17) is 11.5 Å². The molecule has 0 bridgehead atoms. The molecule has 70 valence electrons. The van der Waals surface area contributed by atoms with Gasteiger partial charge in [-0.1, -0.05) is 0 Å². The van der Waals surface area contributed by atoms with E-state index in [1.165, 1.54) is 6.07 Å². The number of hydrogen-bond donors (Lipinski definition) is 2. The Bertz CT molecular complexity index is 359. The van der Waals surface area contributed by atoms with Crippen LogP contribution in [-0.2, 0) is 5.54 Å². The van der Waals surface area contributed by atoms with Crippen LogP contribution in [0.5, 0.6) is 0 Å². The summed E-state index contributed by atoms with van der Waals surface area (Å²) in [6, 6.07) is 1.98. The molecule has 0 atom stereocenters. The number of halogens is 2. The first kappa shape index (κ1) is 8.44. The van der Waals surface area contributed by atoms with Crippen molar-refractivity contribution in [2.24, 2.45) is 5.73 Å². The minimum absolute atomic E-state index is 0.0265. The highest BCUT2D eigenvalue weighted by atomic mass is 19.1. The van der Waals surface area contributed by atoms with Gasteiger partial charge in [0.2, 0.25) is 0 Å². The van der Waals surface area contributed by atoms with Gasteiger partial charge in [-0.2, -0.15) is 0 Å². The van der Waals surface area contributed by atoms with Crippen LogP contribution in [-0.4, -0.2) is 0 Å². The Morgan fingerprint density at radius 1 is 1.23 bits per heavy atom. The van der Waals surface area contributed by atoms with Crippen LogP contribution < -0.4 is 11.5 Å². The lowest BCUT2D eigenvalue weighted by Crippen LogP contribution is -2.21. The van der Waals surface area contributed by atoms with E-state index in [2.05, 4.69) is 0 Å². The molecule has 0 radical (unpaired) electrons. The second-order valence-corrected chi connectivity index (χ2v) is 3.50. The van der Waals surface area contributed by atoms with E-state index >= 15 is 0 Å². The first-order chi connectivity index (χ1) is 6.03. The van der Waals surface area contributed by atoms with Gasteiger partial charge < -0.3 is 11.5 Å². The third-order valence-electron chi connectivity index (χ3n) is 2.42. The van der Waals surface area contributed by atoms with Crippen LogP contribution in [0.4, 0.5) is 14.5 Å². The van der Waals surface area contributed by atoms with Crippen molar-refractivity contribution in [2.75, 3.05) is 5.73 Å². The molecule has 0 unspecified atom stereocenters. The summed E-state index contributed by atoms with van der Waals surface area (Å²) in [7, 11) is 0. The van der Waals surface area contributed by atoms with Crippen LogP contribution in [0.15, 0.2) is 12.1 Å². The molecule has 0 spiro atoms. The number of benzene rings is 1. The summed E-state index contributed by atoms with van der Waals surface area (Å²) in [6.45, 7) is 0. The zero-order chi connectivity index (χ0) is 9.64. The van der Waals surface area contributed by atoms with E-state index in [0.29, 0.717) is 5.56 Å². The molecular formula is C9H10F2N2. The van der Waals surface area contributed by atoms with E-state index in [-0.39, 0.29) is 5.69 Å². The number of hydrogen-bond acceptors (Lipinski definition) is 2. The van der Waals surface area contributed by atoms with Crippen LogP contribution >= 0.6 is 0 Å². The number of rotatable bonds is 1. The van der Waals surface area contributed by atoms with Gasteiger partial charge >= 0.3 is 0 Å². The Balaban J connectivity index is 2.56. The molecule has 1 fully saturated rings. The molecule has 4 heteroatoms. The van der Waals surface area contributed by atoms with Gasteiger partial charge in [0, 0.05) is 17.2 Å². The average molecular weight is 184 g/mol. The SMILES string of the molecule is Nc1c(F)cc(F)cc1C1(N)CC1. The summed E-state index contributed by atoms with van der Waals surface area (Å²) >= 11 is 0. The third-order valence-corrected chi connectivity index (χ3v) is 2.42. The highest BCUT2D eigenvalue weighted by Crippen LogP contribution is 2.45. The van der Waals surface area contributed by atoms with Crippen molar-refractivity contribution in [3.8, 4) is 0 Å². The standard InChI is InChI=1S/C9H10F2N2/c10-5-3-6(9(13)1-2-9)8(12)7(11)4-5/h3-4H,1-2,12-13H2. The summed E-state index contributed by atoms with van der Waals surface area (Å²) in [5, 5.41) is 0. The van der Waals surface area contributed by atoms with Crippen LogP contribution in [0.1, 0.15) is 18.4 Å². The van der Waals surface area contributed by atoms with Crippen molar-refractivity contribution < 1.29 is 8.78 Å². The van der Waals surface area contributed by atoms with Crippen molar-refractivity contribution in [2.45, 2.75) is 18.4 Å². The maximum absolute atomic E-state index is 13.0. The second-order valence-electron chi connectivity index (χ2n) is 3.50. The van der Waals surface area contributed by atoms with Crippen LogP contribution in [0.2, 0.25) is 0 Å². The van der Waals surface area contributed by atoms with Gasteiger partial charge in [0.05, 0.1) is 5.69 Å². The van der Waals surface area contributed by atoms with E-state index < -0.39 is 17.2 Å². The Morgan fingerprint density at radius 2 is 1.85 bits per heavy atom. The molecule has 4 N–H and O–H groups in total. The predicted octanol–water partition coefficient (Wildman–Crippen LogP) is 1.49. The van der Waals surface area contributed by atoms with Crippen molar-refractivity contribution in [3.05, 3.63) is 29.3 Å². The van der Waals surface area contributed by atoms with Gasteiger partial charge in [-0.15, -0.1) is 0 Å². The molecule has 2 rings (SSSR count). The second kappa shape index (κ2) is 2.42. The molecule has 0 amide bonds. The van der Waals surface area contributed by atoms with Gasteiger partial charge in [-0.3, -0.25) is 0 Å². The van der Waals surface area contributed by atoms with Crippen LogP contribution in [0.25, 0.3) is 0 Å². The van der Waals surface area contributed by atoms with Crippen LogP contribution in [0, 0.1) is 11.6 Å². The normalized spacial score (nSPS) is 18.7. The fourth-order valence-electron chi connectivity index (χ4n) is 1.40. The maximum atomic E-state index is 13.0. The number of nitrogens with two attached hydrogens (primary N) is 2. The lowest BCUT2D eigenvalue weighted by atomic mass is 10.0. The molecule has 1 aromatic rings. The summed E-state index contributed by atoms with van der Waals surface area (Å²) in [6.07, 6.45) is 1.47. The molecule has 0 saturated heterocycles. The van der Waals surface area contributed by atoms with E-state index in [1.54, 1.807) is 0 Å². The van der Waals surface area contributed by atoms with Crippen molar-refractivity contribution >= 4 is 5.69 Å². The van der Waals surface area contributed by atoms with Gasteiger partial charge in [0.25, 0.3) is 0 Å². The Hall–Kier alpha value is -1.16. The monoisotopic (exact) mass is 184 g/mol. The summed E-state index contributed by atoms with van der Waals surface area (Å²) in [5.41, 5.74) is 11.0. The zero-order valence-corrected chi connectivity index (χ0v) is 6.98. The lowest BCUT2D eigenvalue weighted by Gasteiger charge is -2.12. The molecular weight excluding hydrogens is 174 g/mol. The highest BCUT2D eigenvalue weighted by Gasteiger charge is 2.42. The fraction of sp³-hybridized carbons (Fsp3) is 0.333. The molecule has 13 heavy (non-hydrogen) atoms. The Labute approximate surface area is 74.5 Å². The van der Waals surface area contributed by atoms with E-state index in [1.807, 2.05) is 0 Å². The summed E-state index contributed by atoms with van der Waals surface area (Å²) < 4.78 is 25.8. The quantitative estimate of drug-likeness (QED) is 0.650. The van der Waals surface area contributed by atoms with E-state index in [9.17, 15) is 8.78 Å². The van der Waals surface area contributed by atoms with E-state index in [0.717, 1.165) is 18.9 Å². The van der Waals surface area contributed by atoms with Crippen molar-refractivity contribution in [1.29, 1.82) is 0 Å². The van der Waals surface area contributed by atoms with Gasteiger partial charge in [0.15, 0.2) is 0 Å². The van der Waals surface area contributed by atoms with Crippen molar-refractivity contribution in [3.63, 3.8) is 0 Å². The average Bonchev–Trinajstić information content (AvgIpc) is 2.77. The molecule has 1 aliphatic rings. The lowest BCUT2D eigenvalue weighted by molar-refractivity contribution is 0.576. The zero-order valence-electron chi connectivity index (χ0n) is 6.98. The highest BCUT2D eigenvalue weighted by molar-refractivity contribution is 5.53. The molecule has 1 aliphatic carbocycles. The first-order valence-corrected chi connectivity index (χ1v) is 4.07. The molecule has 1 saturated carbocycles. The van der Waals surface area contributed by atoms with Crippen LogP contribution in [0.3, 0.4) is 0 Å². The van der Waals surface area contributed by atoms with Crippen molar-refractivity contribution in [1.82, 2.24) is 0 Å². The Morgan fingerprint density at radius 3 is 2.38 bits per heavy atom. The largest absolute Gasteiger partial charge is 0.396 e. The fourth-order valence-corrected chi connectivity index (χ4v) is 1.40. The first-order valence-electron chi connectivity index (χ1n) is 4.07. The Kier molecular flexibility index (Phi) is 1.57. The minimum atomic E-state index is -0.730. The number of anilines is 1. The molecule has 0 aliphatic heterocycles.